The van der Waals surface area contributed by atoms with Crippen LogP contribution in [0.5, 0.6) is 0 Å². The lowest BCUT2D eigenvalue weighted by atomic mass is 10.1. The zero-order chi connectivity index (χ0) is 22.0. The van der Waals surface area contributed by atoms with Crippen molar-refractivity contribution < 1.29 is 18.1 Å². The van der Waals surface area contributed by atoms with E-state index < -0.39 is 11.7 Å². The van der Waals surface area contributed by atoms with Gasteiger partial charge in [0.05, 0.1) is 10.6 Å². The molecule has 0 bridgehead atoms. The molecule has 158 valence electrons. The second kappa shape index (κ2) is 9.13. The third-order valence-corrected chi connectivity index (χ3v) is 6.55. The van der Waals surface area contributed by atoms with Gasteiger partial charge in [-0.1, -0.05) is 58.1 Å². The maximum atomic E-state index is 14.3. The van der Waals surface area contributed by atoms with Crippen LogP contribution in [0.2, 0.25) is 5.02 Å². The first kappa shape index (κ1) is 21.4. The molecule has 1 N–H and O–H groups in total. The van der Waals surface area contributed by atoms with Gasteiger partial charge in [0, 0.05) is 5.75 Å². The minimum absolute atomic E-state index is 0.00789. The number of amides is 1. The third kappa shape index (κ3) is 4.76. The molecule has 0 aliphatic rings. The molecule has 2 aromatic carbocycles. The van der Waals surface area contributed by atoms with E-state index >= 15 is 0 Å². The number of aryl methyl sites for hydroxylation is 1. The number of carbonyl (C=O) groups is 1. The summed E-state index contributed by atoms with van der Waals surface area (Å²) in [5.74, 6) is -0.703. The summed E-state index contributed by atoms with van der Waals surface area (Å²) in [6.45, 7) is 1.55. The highest BCUT2D eigenvalue weighted by Crippen LogP contribution is 2.34. The highest BCUT2D eigenvalue weighted by atomic mass is 35.5. The molecule has 0 aliphatic heterocycles. The van der Waals surface area contributed by atoms with Gasteiger partial charge in [0.2, 0.25) is 5.13 Å². The molecule has 0 aliphatic carbocycles. The largest absolute Gasteiger partial charge is 0.360 e. The first-order valence-corrected chi connectivity index (χ1v) is 11.0. The van der Waals surface area contributed by atoms with Crippen LogP contribution in [0.1, 0.15) is 21.7 Å². The van der Waals surface area contributed by atoms with Crippen molar-refractivity contribution in [1.29, 1.82) is 0 Å². The maximum Gasteiger partial charge on any atom is 0.263 e. The number of halogens is 3. The zero-order valence-corrected chi connectivity index (χ0v) is 18.2. The SMILES string of the molecule is Cc1onc(-c2c(F)cccc2Cl)c1C(=O)Nc1nnc(SCc2ccc(F)cc2)s1. The van der Waals surface area contributed by atoms with Gasteiger partial charge in [-0.3, -0.25) is 10.1 Å². The lowest BCUT2D eigenvalue weighted by molar-refractivity contribution is 0.102. The summed E-state index contributed by atoms with van der Waals surface area (Å²) in [4.78, 5) is 12.9. The topological polar surface area (TPSA) is 80.9 Å². The molecular weight excluding hydrogens is 466 g/mol. The number of rotatable bonds is 6. The Kier molecular flexibility index (Phi) is 6.30. The van der Waals surface area contributed by atoms with Crippen LogP contribution >= 0.6 is 34.7 Å². The molecule has 0 atom stereocenters. The van der Waals surface area contributed by atoms with Gasteiger partial charge in [0.1, 0.15) is 28.7 Å². The van der Waals surface area contributed by atoms with E-state index in [1.165, 1.54) is 53.4 Å². The third-order valence-electron chi connectivity index (χ3n) is 4.19. The molecule has 4 aromatic rings. The van der Waals surface area contributed by atoms with Crippen molar-refractivity contribution >= 4 is 45.7 Å². The number of nitrogens with zero attached hydrogens (tertiary/aromatic N) is 3. The molecular formula is C20H13ClF2N4O2S2. The normalized spacial score (nSPS) is 11.0. The number of thioether (sulfide) groups is 1. The minimum Gasteiger partial charge on any atom is -0.360 e. The Hall–Kier alpha value is -2.82. The summed E-state index contributed by atoms with van der Waals surface area (Å²) in [5.41, 5.74) is 0.980. The van der Waals surface area contributed by atoms with E-state index in [-0.39, 0.29) is 38.6 Å². The molecule has 4 rings (SSSR count). The molecule has 0 spiro atoms. The summed E-state index contributed by atoms with van der Waals surface area (Å²) >= 11 is 8.69. The van der Waals surface area contributed by atoms with Gasteiger partial charge >= 0.3 is 0 Å². The molecule has 1 amide bonds. The predicted molar refractivity (Wildman–Crippen MR) is 115 cm³/mol. The number of aromatic nitrogens is 3. The van der Waals surface area contributed by atoms with E-state index in [1.54, 1.807) is 19.1 Å². The Morgan fingerprint density at radius 1 is 1.19 bits per heavy atom. The molecule has 6 nitrogen and oxygen atoms in total. The van der Waals surface area contributed by atoms with Crippen LogP contribution in [0.15, 0.2) is 51.3 Å². The first-order chi connectivity index (χ1) is 14.9. The van der Waals surface area contributed by atoms with E-state index in [4.69, 9.17) is 16.1 Å². The van der Waals surface area contributed by atoms with Crippen LogP contribution in [0, 0.1) is 18.6 Å². The highest BCUT2D eigenvalue weighted by Gasteiger charge is 2.26. The van der Waals surface area contributed by atoms with Crippen molar-refractivity contribution in [3.8, 4) is 11.3 Å². The molecule has 0 unspecified atom stereocenters. The van der Waals surface area contributed by atoms with Crippen molar-refractivity contribution in [3.63, 3.8) is 0 Å². The van der Waals surface area contributed by atoms with E-state index in [2.05, 4.69) is 20.7 Å². The van der Waals surface area contributed by atoms with Gasteiger partial charge < -0.3 is 4.52 Å². The van der Waals surface area contributed by atoms with Gasteiger partial charge in [-0.2, -0.15) is 0 Å². The van der Waals surface area contributed by atoms with Gasteiger partial charge in [-0.05, 0) is 36.8 Å². The van der Waals surface area contributed by atoms with Crippen LogP contribution in [0.3, 0.4) is 0 Å². The number of hydrogen-bond acceptors (Lipinski definition) is 7. The molecule has 0 saturated heterocycles. The Morgan fingerprint density at radius 3 is 2.71 bits per heavy atom. The summed E-state index contributed by atoms with van der Waals surface area (Å²) in [5, 5.41) is 14.8. The Bertz CT molecular complexity index is 1220. The van der Waals surface area contributed by atoms with Gasteiger partial charge in [0.15, 0.2) is 4.34 Å². The van der Waals surface area contributed by atoms with E-state index in [1.807, 2.05) is 0 Å². The van der Waals surface area contributed by atoms with Crippen molar-refractivity contribution in [1.82, 2.24) is 15.4 Å². The lowest BCUT2D eigenvalue weighted by Gasteiger charge is -2.05. The number of hydrogen-bond donors (Lipinski definition) is 1. The minimum atomic E-state index is -0.620. The van der Waals surface area contributed by atoms with E-state index in [0.29, 0.717) is 10.1 Å². The van der Waals surface area contributed by atoms with Crippen LogP contribution in [0.4, 0.5) is 13.9 Å². The number of benzene rings is 2. The van der Waals surface area contributed by atoms with E-state index in [9.17, 15) is 13.6 Å². The fourth-order valence-electron chi connectivity index (χ4n) is 2.74. The molecule has 11 heteroatoms. The molecule has 2 aromatic heterocycles. The van der Waals surface area contributed by atoms with Crippen molar-refractivity contribution in [2.45, 2.75) is 17.0 Å². The number of nitrogens with one attached hydrogen (secondary N) is 1. The summed E-state index contributed by atoms with van der Waals surface area (Å²) in [6, 6.07) is 10.3. The number of carbonyl (C=O) groups excluding carboxylic acids is 1. The lowest BCUT2D eigenvalue weighted by Crippen LogP contribution is -2.13. The molecule has 0 fully saturated rings. The maximum absolute atomic E-state index is 14.3. The Labute approximate surface area is 188 Å². The first-order valence-electron chi connectivity index (χ1n) is 8.85. The van der Waals surface area contributed by atoms with Crippen LogP contribution in [0.25, 0.3) is 11.3 Å². The monoisotopic (exact) mass is 478 g/mol. The van der Waals surface area contributed by atoms with Gasteiger partial charge in [-0.25, -0.2) is 8.78 Å². The molecule has 0 radical (unpaired) electrons. The average Bonchev–Trinajstić information content (AvgIpc) is 3.34. The smallest absolute Gasteiger partial charge is 0.263 e. The van der Waals surface area contributed by atoms with Crippen LogP contribution in [-0.2, 0) is 5.75 Å². The summed E-state index contributed by atoms with van der Waals surface area (Å²) < 4.78 is 33.1. The fourth-order valence-corrected chi connectivity index (χ4v) is 4.69. The molecule has 2 heterocycles. The van der Waals surface area contributed by atoms with Crippen molar-refractivity contribution in [3.05, 3.63) is 76.0 Å². The quantitative estimate of drug-likeness (QED) is 0.271. The standard InChI is InChI=1S/C20H13ClF2N4O2S2/c1-10-15(17(27-29-10)16-13(21)3-2-4-14(16)23)18(28)24-19-25-26-20(31-19)30-9-11-5-7-12(22)8-6-11/h2-8H,9H2,1H3,(H,24,25,28). The Morgan fingerprint density at radius 2 is 1.97 bits per heavy atom. The highest BCUT2D eigenvalue weighted by molar-refractivity contribution is 8.00. The summed E-state index contributed by atoms with van der Waals surface area (Å²) in [6.07, 6.45) is 0. The van der Waals surface area contributed by atoms with Crippen molar-refractivity contribution in [2.24, 2.45) is 0 Å². The fraction of sp³-hybridized carbons (Fsp3) is 0.100. The molecule has 31 heavy (non-hydrogen) atoms. The van der Waals surface area contributed by atoms with Crippen molar-refractivity contribution in [2.75, 3.05) is 5.32 Å². The second-order valence-electron chi connectivity index (χ2n) is 6.30. The van der Waals surface area contributed by atoms with Gasteiger partial charge in [-0.15, -0.1) is 10.2 Å². The predicted octanol–water partition coefficient (Wildman–Crippen LogP) is 5.98. The summed E-state index contributed by atoms with van der Waals surface area (Å²) in [7, 11) is 0. The van der Waals surface area contributed by atoms with Crippen LogP contribution < -0.4 is 5.32 Å². The zero-order valence-electron chi connectivity index (χ0n) is 15.9. The van der Waals surface area contributed by atoms with Gasteiger partial charge in [0.25, 0.3) is 5.91 Å². The number of anilines is 1. The Balaban J connectivity index is 1.50. The van der Waals surface area contributed by atoms with E-state index in [0.717, 1.165) is 5.56 Å². The molecule has 0 saturated carbocycles. The second-order valence-corrected chi connectivity index (χ2v) is 8.91. The van der Waals surface area contributed by atoms with Crippen LogP contribution in [-0.4, -0.2) is 21.3 Å². The average molecular weight is 479 g/mol.